The van der Waals surface area contributed by atoms with E-state index in [4.69, 9.17) is 4.74 Å². The molecular weight excluding hydrogens is 368 g/mol. The number of carbonyl (C=O) groups excluding carboxylic acids is 1. The molecule has 2 fully saturated rings. The highest BCUT2D eigenvalue weighted by atomic mass is 16.6. The minimum Gasteiger partial charge on any atom is -0.480 e. The van der Waals surface area contributed by atoms with Crippen molar-refractivity contribution in [3.8, 4) is 11.1 Å². The fourth-order valence-electron chi connectivity index (χ4n) is 5.25. The summed E-state index contributed by atoms with van der Waals surface area (Å²) in [6.45, 7) is 2.22. The molecule has 5 rings (SSSR count). The molecule has 1 amide bonds. The third kappa shape index (κ3) is 2.99. The molecule has 1 N–H and O–H groups in total. The Bertz CT molecular complexity index is 914. The molecule has 3 aliphatic rings. The first-order valence-electron chi connectivity index (χ1n) is 10.2. The first-order chi connectivity index (χ1) is 14.1. The summed E-state index contributed by atoms with van der Waals surface area (Å²) in [5, 5.41) is 9.77. The van der Waals surface area contributed by atoms with E-state index in [1.807, 2.05) is 24.3 Å². The van der Waals surface area contributed by atoms with Gasteiger partial charge >= 0.3 is 12.1 Å². The Morgan fingerprint density at radius 1 is 0.966 bits per heavy atom. The summed E-state index contributed by atoms with van der Waals surface area (Å²) in [5.41, 5.74) is 4.65. The molecule has 2 aliphatic heterocycles. The van der Waals surface area contributed by atoms with E-state index in [9.17, 15) is 14.7 Å². The predicted octanol–water partition coefficient (Wildman–Crippen LogP) is 3.17. The second-order valence-corrected chi connectivity index (χ2v) is 8.03. The van der Waals surface area contributed by atoms with Gasteiger partial charge in [-0.05, 0) is 41.6 Å². The number of rotatable bonds is 3. The molecule has 150 valence electrons. The second-order valence-electron chi connectivity index (χ2n) is 8.03. The van der Waals surface area contributed by atoms with E-state index in [2.05, 4.69) is 29.2 Å². The van der Waals surface area contributed by atoms with Gasteiger partial charge in [-0.25, -0.2) is 9.59 Å². The minimum atomic E-state index is -0.949. The van der Waals surface area contributed by atoms with Gasteiger partial charge in [-0.15, -0.1) is 0 Å². The molecule has 2 aromatic carbocycles. The average Bonchev–Trinajstić information content (AvgIpc) is 3.34. The lowest BCUT2D eigenvalue weighted by atomic mass is 9.98. The number of carboxylic acid groups (broad SMARTS) is 1. The number of piperazine rings is 1. The van der Waals surface area contributed by atoms with Crippen molar-refractivity contribution in [2.24, 2.45) is 0 Å². The summed E-state index contributed by atoms with van der Waals surface area (Å²) in [6, 6.07) is 15.4. The van der Waals surface area contributed by atoms with E-state index in [0.29, 0.717) is 13.1 Å². The summed E-state index contributed by atoms with van der Waals surface area (Å²) >= 11 is 0. The van der Waals surface area contributed by atoms with Gasteiger partial charge in [0.05, 0.1) is 0 Å². The number of carboxylic acids is 1. The van der Waals surface area contributed by atoms with Crippen molar-refractivity contribution in [3.63, 3.8) is 0 Å². The molecule has 2 saturated heterocycles. The summed E-state index contributed by atoms with van der Waals surface area (Å²) in [7, 11) is 0. The van der Waals surface area contributed by atoms with Crippen LogP contribution in [0.1, 0.15) is 29.9 Å². The third-order valence-corrected chi connectivity index (χ3v) is 6.57. The number of hydrogen-bond acceptors (Lipinski definition) is 4. The van der Waals surface area contributed by atoms with Crippen LogP contribution in [0.2, 0.25) is 0 Å². The lowest BCUT2D eigenvalue weighted by Crippen LogP contribution is -2.62. The molecule has 0 radical (unpaired) electrons. The summed E-state index contributed by atoms with van der Waals surface area (Å²) in [4.78, 5) is 28.4. The fraction of sp³-hybridized carbons (Fsp3) is 0.391. The molecule has 6 nitrogen and oxygen atoms in total. The van der Waals surface area contributed by atoms with Crippen molar-refractivity contribution in [1.29, 1.82) is 0 Å². The molecule has 1 aliphatic carbocycles. The van der Waals surface area contributed by atoms with Gasteiger partial charge in [0.2, 0.25) is 0 Å². The molecular formula is C23H24N2O4. The Labute approximate surface area is 169 Å². The van der Waals surface area contributed by atoms with Gasteiger partial charge < -0.3 is 9.84 Å². The van der Waals surface area contributed by atoms with E-state index in [-0.39, 0.29) is 18.6 Å². The van der Waals surface area contributed by atoms with Crippen LogP contribution in [0.3, 0.4) is 0 Å². The van der Waals surface area contributed by atoms with Crippen molar-refractivity contribution < 1.29 is 19.4 Å². The smallest absolute Gasteiger partial charge is 0.410 e. The van der Waals surface area contributed by atoms with Crippen LogP contribution in [0.4, 0.5) is 4.79 Å². The maximum atomic E-state index is 12.9. The molecule has 0 saturated carbocycles. The molecule has 29 heavy (non-hydrogen) atoms. The van der Waals surface area contributed by atoms with Crippen molar-refractivity contribution in [2.45, 2.75) is 30.8 Å². The number of carbonyl (C=O) groups is 2. The summed E-state index contributed by atoms with van der Waals surface area (Å²) in [5.74, 6) is -0.975. The number of aliphatic carboxylic acids is 1. The second kappa shape index (κ2) is 7.19. The van der Waals surface area contributed by atoms with E-state index in [1.54, 1.807) is 0 Å². The summed E-state index contributed by atoms with van der Waals surface area (Å²) < 4.78 is 5.71. The fourth-order valence-corrected chi connectivity index (χ4v) is 5.25. The average molecular weight is 392 g/mol. The highest BCUT2D eigenvalue weighted by Gasteiger charge is 2.45. The Morgan fingerprint density at radius 3 is 2.28 bits per heavy atom. The number of ether oxygens (including phenoxy) is 1. The number of benzene rings is 2. The first kappa shape index (κ1) is 18.2. The molecule has 2 unspecified atom stereocenters. The summed E-state index contributed by atoms with van der Waals surface area (Å²) in [6.07, 6.45) is 1.27. The van der Waals surface area contributed by atoms with Gasteiger partial charge in [0.1, 0.15) is 12.6 Å². The SMILES string of the molecule is O=C(O)C1C2CCCN2CCN1C(=O)OCC1c2ccccc2-c2ccccc21. The van der Waals surface area contributed by atoms with Crippen LogP contribution in [0.5, 0.6) is 0 Å². The van der Waals surface area contributed by atoms with Gasteiger partial charge in [-0.1, -0.05) is 48.5 Å². The molecule has 0 spiro atoms. The molecule has 0 bridgehead atoms. The van der Waals surface area contributed by atoms with Crippen molar-refractivity contribution >= 4 is 12.1 Å². The van der Waals surface area contributed by atoms with Crippen LogP contribution >= 0.6 is 0 Å². The van der Waals surface area contributed by atoms with Gasteiger partial charge in [0.25, 0.3) is 0 Å². The largest absolute Gasteiger partial charge is 0.480 e. The van der Waals surface area contributed by atoms with Crippen LogP contribution < -0.4 is 0 Å². The lowest BCUT2D eigenvalue weighted by Gasteiger charge is -2.41. The minimum absolute atomic E-state index is 0.0256. The Kier molecular flexibility index (Phi) is 4.51. The first-order valence-corrected chi connectivity index (χ1v) is 10.2. The molecule has 2 heterocycles. The topological polar surface area (TPSA) is 70.1 Å². The van der Waals surface area contributed by atoms with Gasteiger partial charge in [0, 0.05) is 25.0 Å². The monoisotopic (exact) mass is 392 g/mol. The van der Waals surface area contributed by atoms with Crippen molar-refractivity contribution in [3.05, 3.63) is 59.7 Å². The quantitative estimate of drug-likeness (QED) is 0.869. The van der Waals surface area contributed by atoms with Gasteiger partial charge in [-0.2, -0.15) is 0 Å². The Hall–Kier alpha value is -2.86. The van der Waals surface area contributed by atoms with E-state index < -0.39 is 18.1 Å². The Balaban J connectivity index is 1.35. The number of amides is 1. The van der Waals surface area contributed by atoms with Crippen LogP contribution in [0.15, 0.2) is 48.5 Å². The standard InChI is InChI=1S/C23H24N2O4/c26-22(27)21-20-10-5-11-24(20)12-13-25(21)23(28)29-14-19-17-8-3-1-6-15(17)16-7-2-4-9-18(16)19/h1-4,6-9,19-21H,5,10-14H2,(H,26,27). The van der Waals surface area contributed by atoms with Crippen molar-refractivity contribution in [2.75, 3.05) is 26.2 Å². The lowest BCUT2D eigenvalue weighted by molar-refractivity contribution is -0.147. The van der Waals surface area contributed by atoms with Crippen LogP contribution in [-0.2, 0) is 9.53 Å². The number of nitrogens with zero attached hydrogens (tertiary/aromatic N) is 2. The van der Waals surface area contributed by atoms with E-state index in [0.717, 1.165) is 30.5 Å². The normalized spacial score (nSPS) is 23.4. The van der Waals surface area contributed by atoms with Crippen molar-refractivity contribution in [1.82, 2.24) is 9.80 Å². The Morgan fingerprint density at radius 2 is 1.62 bits per heavy atom. The zero-order chi connectivity index (χ0) is 20.0. The molecule has 2 aromatic rings. The highest BCUT2D eigenvalue weighted by molar-refractivity contribution is 5.82. The van der Waals surface area contributed by atoms with Gasteiger partial charge in [-0.3, -0.25) is 9.80 Å². The molecule has 6 heteroatoms. The van der Waals surface area contributed by atoms with Crippen LogP contribution in [0, 0.1) is 0 Å². The molecule has 2 atom stereocenters. The van der Waals surface area contributed by atoms with E-state index >= 15 is 0 Å². The third-order valence-electron chi connectivity index (χ3n) is 6.57. The van der Waals surface area contributed by atoms with Crippen LogP contribution in [-0.4, -0.2) is 65.3 Å². The maximum Gasteiger partial charge on any atom is 0.410 e. The maximum absolute atomic E-state index is 12.9. The zero-order valence-corrected chi connectivity index (χ0v) is 16.2. The zero-order valence-electron chi connectivity index (χ0n) is 16.2. The van der Waals surface area contributed by atoms with E-state index in [1.165, 1.54) is 16.0 Å². The highest BCUT2D eigenvalue weighted by Crippen LogP contribution is 2.44. The van der Waals surface area contributed by atoms with Crippen LogP contribution in [0.25, 0.3) is 11.1 Å². The number of hydrogen-bond donors (Lipinski definition) is 1. The molecule has 0 aromatic heterocycles. The van der Waals surface area contributed by atoms with Gasteiger partial charge in [0.15, 0.2) is 0 Å². The number of fused-ring (bicyclic) bond motifs is 4. The predicted molar refractivity (Wildman–Crippen MR) is 108 cm³/mol.